The summed E-state index contributed by atoms with van der Waals surface area (Å²) in [6.45, 7) is 0. The van der Waals surface area contributed by atoms with Crippen molar-refractivity contribution in [1.29, 1.82) is 0 Å². The number of benzene rings is 2. The Labute approximate surface area is 155 Å². The average molecular weight is 360 g/mol. The molecule has 0 saturated carbocycles. The second kappa shape index (κ2) is 7.01. The molecule has 0 aliphatic rings. The molecule has 0 unspecified atom stereocenters. The van der Waals surface area contributed by atoms with Crippen LogP contribution < -0.4 is 5.32 Å². The number of hydrogen-bond donors (Lipinski definition) is 1. The summed E-state index contributed by atoms with van der Waals surface area (Å²) < 4.78 is 2.01. The van der Waals surface area contributed by atoms with Crippen molar-refractivity contribution in [3.8, 4) is 11.3 Å². The molecular weight excluding hydrogens is 344 g/mol. The number of carbonyl (C=O) groups is 1. The summed E-state index contributed by atoms with van der Waals surface area (Å²) in [6.07, 6.45) is 7.48. The number of aromatic nitrogens is 3. The minimum Gasteiger partial charge on any atom is -0.322 e. The highest BCUT2D eigenvalue weighted by Crippen LogP contribution is 2.25. The number of hydrogen-bond acceptors (Lipinski definition) is 4. The fourth-order valence-corrected chi connectivity index (χ4v) is 3.27. The van der Waals surface area contributed by atoms with E-state index in [1.807, 2.05) is 77.6 Å². The number of carbonyl (C=O) groups excluding carboxylic acids is 1. The molecule has 6 heteroatoms. The molecule has 0 atom stereocenters. The lowest BCUT2D eigenvalue weighted by Gasteiger charge is -2.07. The Morgan fingerprint density at radius 1 is 1.04 bits per heavy atom. The fourth-order valence-electron chi connectivity index (χ4n) is 2.77. The van der Waals surface area contributed by atoms with Gasteiger partial charge in [-0.3, -0.25) is 9.20 Å². The van der Waals surface area contributed by atoms with E-state index in [1.165, 1.54) is 0 Å². The molecule has 0 aliphatic carbocycles. The standard InChI is InChI=1S/C20H16N4OS/c1-26-20-18-22-13-17(24(18)12-11-21-20)14-7-9-15(10-8-14)19(25)23-16-5-3-2-4-6-16/h2-13H,1H3,(H,23,25). The molecular formula is C20H16N4OS. The first-order chi connectivity index (χ1) is 12.8. The molecule has 0 spiro atoms. The van der Waals surface area contributed by atoms with Gasteiger partial charge in [0.15, 0.2) is 5.65 Å². The van der Waals surface area contributed by atoms with Crippen molar-refractivity contribution in [2.45, 2.75) is 5.03 Å². The Kier molecular flexibility index (Phi) is 4.41. The molecule has 0 saturated heterocycles. The number of anilines is 1. The van der Waals surface area contributed by atoms with Gasteiger partial charge in [-0.25, -0.2) is 9.97 Å². The molecule has 26 heavy (non-hydrogen) atoms. The van der Waals surface area contributed by atoms with Crippen LogP contribution in [0.25, 0.3) is 16.9 Å². The van der Waals surface area contributed by atoms with E-state index in [-0.39, 0.29) is 5.91 Å². The van der Waals surface area contributed by atoms with Crippen molar-refractivity contribution >= 4 is 29.0 Å². The zero-order valence-corrected chi connectivity index (χ0v) is 14.9. The van der Waals surface area contributed by atoms with E-state index in [0.29, 0.717) is 5.56 Å². The van der Waals surface area contributed by atoms with Crippen molar-refractivity contribution in [2.24, 2.45) is 0 Å². The van der Waals surface area contributed by atoms with E-state index in [0.717, 1.165) is 27.6 Å². The van der Waals surface area contributed by atoms with E-state index in [2.05, 4.69) is 15.3 Å². The molecule has 4 aromatic rings. The Balaban J connectivity index is 1.61. The topological polar surface area (TPSA) is 59.3 Å². The van der Waals surface area contributed by atoms with Crippen LogP contribution in [0.15, 0.2) is 78.2 Å². The molecule has 5 nitrogen and oxygen atoms in total. The van der Waals surface area contributed by atoms with Gasteiger partial charge in [-0.2, -0.15) is 0 Å². The Morgan fingerprint density at radius 2 is 1.81 bits per heavy atom. The number of amides is 1. The lowest BCUT2D eigenvalue weighted by Crippen LogP contribution is -2.11. The molecule has 1 N–H and O–H groups in total. The first-order valence-electron chi connectivity index (χ1n) is 8.09. The molecule has 0 fully saturated rings. The lowest BCUT2D eigenvalue weighted by molar-refractivity contribution is 0.102. The van der Waals surface area contributed by atoms with Gasteiger partial charge >= 0.3 is 0 Å². The Bertz CT molecular complexity index is 1060. The number of nitrogens with one attached hydrogen (secondary N) is 1. The summed E-state index contributed by atoms with van der Waals surface area (Å²) >= 11 is 1.57. The highest BCUT2D eigenvalue weighted by atomic mass is 32.2. The highest BCUT2D eigenvalue weighted by Gasteiger charge is 2.11. The maximum absolute atomic E-state index is 12.4. The minimum atomic E-state index is -0.130. The number of para-hydroxylation sites is 1. The van der Waals surface area contributed by atoms with Gasteiger partial charge in [-0.1, -0.05) is 30.3 Å². The maximum atomic E-state index is 12.4. The Hall–Kier alpha value is -3.12. The first-order valence-corrected chi connectivity index (χ1v) is 9.31. The van der Waals surface area contributed by atoms with E-state index >= 15 is 0 Å². The largest absolute Gasteiger partial charge is 0.322 e. The quantitative estimate of drug-likeness (QED) is 0.549. The molecule has 2 aromatic carbocycles. The summed E-state index contributed by atoms with van der Waals surface area (Å²) in [5.74, 6) is -0.130. The van der Waals surface area contributed by atoms with Gasteiger partial charge in [0, 0.05) is 29.2 Å². The average Bonchev–Trinajstić information content (AvgIpc) is 3.13. The molecule has 2 aromatic heterocycles. The van der Waals surface area contributed by atoms with E-state index in [1.54, 1.807) is 18.0 Å². The second-order valence-electron chi connectivity index (χ2n) is 5.67. The van der Waals surface area contributed by atoms with Crippen LogP contribution in [0.5, 0.6) is 0 Å². The van der Waals surface area contributed by atoms with Crippen LogP contribution in [0.2, 0.25) is 0 Å². The van der Waals surface area contributed by atoms with Gasteiger partial charge in [0.25, 0.3) is 5.91 Å². The van der Waals surface area contributed by atoms with E-state index in [9.17, 15) is 4.79 Å². The zero-order chi connectivity index (χ0) is 17.9. The maximum Gasteiger partial charge on any atom is 0.255 e. The van der Waals surface area contributed by atoms with Gasteiger partial charge in [0.1, 0.15) is 5.03 Å². The number of nitrogens with zero attached hydrogens (tertiary/aromatic N) is 3. The summed E-state index contributed by atoms with van der Waals surface area (Å²) in [7, 11) is 0. The lowest BCUT2D eigenvalue weighted by atomic mass is 10.1. The van der Waals surface area contributed by atoms with Crippen molar-refractivity contribution < 1.29 is 4.79 Å². The van der Waals surface area contributed by atoms with Crippen molar-refractivity contribution in [2.75, 3.05) is 11.6 Å². The van der Waals surface area contributed by atoms with E-state index < -0.39 is 0 Å². The van der Waals surface area contributed by atoms with Crippen molar-refractivity contribution in [3.63, 3.8) is 0 Å². The third-order valence-electron chi connectivity index (χ3n) is 4.06. The molecule has 0 radical (unpaired) electrons. The SMILES string of the molecule is CSc1nccn2c(-c3ccc(C(=O)Nc4ccccc4)cc3)cnc12. The van der Waals surface area contributed by atoms with Crippen LogP contribution in [0.1, 0.15) is 10.4 Å². The Morgan fingerprint density at radius 3 is 2.54 bits per heavy atom. The highest BCUT2D eigenvalue weighted by molar-refractivity contribution is 7.98. The predicted molar refractivity (Wildman–Crippen MR) is 105 cm³/mol. The molecule has 0 bridgehead atoms. The predicted octanol–water partition coefficient (Wildman–Crippen LogP) is 4.37. The molecule has 4 rings (SSSR count). The third kappa shape index (κ3) is 3.07. The number of imidazole rings is 1. The number of rotatable bonds is 4. The van der Waals surface area contributed by atoms with Crippen LogP contribution >= 0.6 is 11.8 Å². The summed E-state index contributed by atoms with van der Waals surface area (Å²) in [5.41, 5.74) is 4.18. The van der Waals surface area contributed by atoms with Gasteiger partial charge in [-0.05, 0) is 30.5 Å². The molecule has 2 heterocycles. The molecule has 1 amide bonds. The normalized spacial score (nSPS) is 10.8. The molecule has 0 aliphatic heterocycles. The smallest absolute Gasteiger partial charge is 0.255 e. The zero-order valence-electron chi connectivity index (χ0n) is 14.1. The minimum absolute atomic E-state index is 0.130. The van der Waals surface area contributed by atoms with Crippen LogP contribution in [0, 0.1) is 0 Å². The van der Waals surface area contributed by atoms with Crippen LogP contribution in [0.3, 0.4) is 0 Å². The fraction of sp³-hybridized carbons (Fsp3) is 0.0500. The van der Waals surface area contributed by atoms with E-state index in [4.69, 9.17) is 0 Å². The van der Waals surface area contributed by atoms with Crippen LogP contribution in [0.4, 0.5) is 5.69 Å². The number of thioether (sulfide) groups is 1. The van der Waals surface area contributed by atoms with Crippen LogP contribution in [-0.4, -0.2) is 26.5 Å². The summed E-state index contributed by atoms with van der Waals surface area (Å²) in [4.78, 5) is 21.2. The summed E-state index contributed by atoms with van der Waals surface area (Å²) in [5, 5.41) is 3.78. The first kappa shape index (κ1) is 16.4. The monoisotopic (exact) mass is 360 g/mol. The van der Waals surface area contributed by atoms with Gasteiger partial charge in [0.05, 0.1) is 11.9 Å². The van der Waals surface area contributed by atoms with Gasteiger partial charge < -0.3 is 5.32 Å². The summed E-state index contributed by atoms with van der Waals surface area (Å²) in [6, 6.07) is 16.9. The van der Waals surface area contributed by atoms with Crippen molar-refractivity contribution in [1.82, 2.24) is 14.4 Å². The van der Waals surface area contributed by atoms with Gasteiger partial charge in [0.2, 0.25) is 0 Å². The van der Waals surface area contributed by atoms with Crippen molar-refractivity contribution in [3.05, 3.63) is 78.8 Å². The number of fused-ring (bicyclic) bond motifs is 1. The van der Waals surface area contributed by atoms with Gasteiger partial charge in [-0.15, -0.1) is 11.8 Å². The van der Waals surface area contributed by atoms with Crippen LogP contribution in [-0.2, 0) is 0 Å². The third-order valence-corrected chi connectivity index (χ3v) is 4.74. The second-order valence-corrected chi connectivity index (χ2v) is 6.47. The molecule has 128 valence electrons.